The van der Waals surface area contributed by atoms with Gasteiger partial charge in [0.15, 0.2) is 0 Å². The monoisotopic (exact) mass is 311 g/mol. The van der Waals surface area contributed by atoms with Crippen LogP contribution in [-0.4, -0.2) is 28.1 Å². The molecule has 1 aromatic heterocycles. The van der Waals surface area contributed by atoms with Crippen molar-refractivity contribution in [3.05, 3.63) is 52.0 Å². The highest BCUT2D eigenvalue weighted by Gasteiger charge is 2.15. The van der Waals surface area contributed by atoms with E-state index in [1.807, 2.05) is 0 Å². The summed E-state index contributed by atoms with van der Waals surface area (Å²) in [6.45, 7) is 0.444. The van der Waals surface area contributed by atoms with E-state index in [0.29, 0.717) is 16.6 Å². The molecule has 4 nitrogen and oxygen atoms in total. The van der Waals surface area contributed by atoms with Gasteiger partial charge in [-0.05, 0) is 34.1 Å². The minimum atomic E-state index is -0.379. The number of carbonyl (C=O) groups is 1. The molecule has 0 atom stereocenters. The summed E-state index contributed by atoms with van der Waals surface area (Å²) in [7, 11) is 1.69. The number of amides is 1. The summed E-state index contributed by atoms with van der Waals surface area (Å²) < 4.78 is 13.4. The Balaban J connectivity index is 2.15. The Morgan fingerprint density at radius 1 is 1.56 bits per heavy atom. The van der Waals surface area contributed by atoms with Gasteiger partial charge in [0.2, 0.25) is 0 Å². The zero-order valence-corrected chi connectivity index (χ0v) is 11.2. The Kier molecular flexibility index (Phi) is 3.76. The number of nitrogens with zero attached hydrogens (tertiary/aromatic N) is 2. The molecule has 0 saturated carbocycles. The van der Waals surface area contributed by atoms with Gasteiger partial charge in [-0.2, -0.15) is 5.10 Å². The van der Waals surface area contributed by atoms with E-state index in [9.17, 15) is 9.18 Å². The quantitative estimate of drug-likeness (QED) is 0.947. The molecule has 0 saturated heterocycles. The van der Waals surface area contributed by atoms with Gasteiger partial charge < -0.3 is 4.90 Å². The molecule has 2 aromatic rings. The SMILES string of the molecule is CN(Cc1cn[nH]c1)C(=O)c1ccc(F)cc1Br. The van der Waals surface area contributed by atoms with Crippen LogP contribution in [-0.2, 0) is 6.54 Å². The van der Waals surface area contributed by atoms with Gasteiger partial charge in [0.05, 0.1) is 11.8 Å². The van der Waals surface area contributed by atoms with E-state index in [-0.39, 0.29) is 11.7 Å². The summed E-state index contributed by atoms with van der Waals surface area (Å²) in [4.78, 5) is 13.7. The topological polar surface area (TPSA) is 49.0 Å². The molecule has 0 aliphatic carbocycles. The number of aromatic nitrogens is 2. The second-order valence-corrected chi connectivity index (χ2v) is 4.75. The third kappa shape index (κ3) is 2.76. The molecular weight excluding hydrogens is 301 g/mol. The lowest BCUT2D eigenvalue weighted by Crippen LogP contribution is -2.26. The first-order chi connectivity index (χ1) is 8.58. The molecule has 0 bridgehead atoms. The van der Waals surface area contributed by atoms with Crippen molar-refractivity contribution in [2.24, 2.45) is 0 Å². The fourth-order valence-electron chi connectivity index (χ4n) is 1.58. The number of rotatable bonds is 3. The van der Waals surface area contributed by atoms with Crippen LogP contribution in [0.1, 0.15) is 15.9 Å². The Hall–Kier alpha value is -1.69. The number of aromatic amines is 1. The molecule has 6 heteroatoms. The van der Waals surface area contributed by atoms with Gasteiger partial charge in [-0.25, -0.2) is 4.39 Å². The van der Waals surface area contributed by atoms with E-state index < -0.39 is 0 Å². The molecule has 0 spiro atoms. The minimum Gasteiger partial charge on any atom is -0.337 e. The molecule has 1 heterocycles. The van der Waals surface area contributed by atoms with Crippen LogP contribution >= 0.6 is 15.9 Å². The Bertz CT molecular complexity index is 556. The van der Waals surface area contributed by atoms with E-state index in [1.165, 1.54) is 18.2 Å². The fraction of sp³-hybridized carbons (Fsp3) is 0.167. The summed E-state index contributed by atoms with van der Waals surface area (Å²) in [6.07, 6.45) is 3.38. The van der Waals surface area contributed by atoms with E-state index in [1.54, 1.807) is 24.3 Å². The highest BCUT2D eigenvalue weighted by atomic mass is 79.9. The standard InChI is InChI=1S/C12H11BrFN3O/c1-17(7-8-5-15-16-6-8)12(18)10-3-2-9(14)4-11(10)13/h2-6H,7H2,1H3,(H,15,16). The van der Waals surface area contributed by atoms with Gasteiger partial charge >= 0.3 is 0 Å². The zero-order chi connectivity index (χ0) is 13.1. The van der Waals surface area contributed by atoms with Crippen molar-refractivity contribution in [2.45, 2.75) is 6.54 Å². The average Bonchev–Trinajstić information content (AvgIpc) is 2.81. The molecule has 2 rings (SSSR count). The maximum absolute atomic E-state index is 12.9. The molecule has 94 valence electrons. The van der Waals surface area contributed by atoms with Crippen LogP contribution in [0.15, 0.2) is 35.1 Å². The van der Waals surface area contributed by atoms with Crippen molar-refractivity contribution in [3.8, 4) is 0 Å². The predicted molar refractivity (Wildman–Crippen MR) is 68.5 cm³/mol. The Labute approximate surface area is 112 Å². The van der Waals surface area contributed by atoms with E-state index >= 15 is 0 Å². The highest BCUT2D eigenvalue weighted by Crippen LogP contribution is 2.20. The molecule has 0 unspecified atom stereocenters. The number of nitrogens with one attached hydrogen (secondary N) is 1. The summed E-state index contributed by atoms with van der Waals surface area (Å²) >= 11 is 3.19. The van der Waals surface area contributed by atoms with Gasteiger partial charge in [0.1, 0.15) is 5.82 Å². The molecular formula is C12H11BrFN3O. The number of H-pyrrole nitrogens is 1. The molecule has 1 aromatic carbocycles. The van der Waals surface area contributed by atoms with E-state index in [4.69, 9.17) is 0 Å². The fourth-order valence-corrected chi connectivity index (χ4v) is 2.10. The molecule has 0 aliphatic heterocycles. The lowest BCUT2D eigenvalue weighted by atomic mass is 10.2. The summed E-state index contributed by atoms with van der Waals surface area (Å²) in [5.41, 5.74) is 1.34. The molecule has 1 N–H and O–H groups in total. The summed E-state index contributed by atoms with van der Waals surface area (Å²) in [5, 5.41) is 6.50. The molecule has 18 heavy (non-hydrogen) atoms. The van der Waals surface area contributed by atoms with Crippen LogP contribution in [0.25, 0.3) is 0 Å². The lowest BCUT2D eigenvalue weighted by molar-refractivity contribution is 0.0784. The van der Waals surface area contributed by atoms with Crippen LogP contribution in [0, 0.1) is 5.82 Å². The van der Waals surface area contributed by atoms with Gasteiger partial charge in [-0.1, -0.05) is 0 Å². The maximum atomic E-state index is 12.9. The zero-order valence-electron chi connectivity index (χ0n) is 9.65. The van der Waals surface area contributed by atoms with Crippen LogP contribution in [0.4, 0.5) is 4.39 Å². The Morgan fingerprint density at radius 3 is 2.94 bits per heavy atom. The van der Waals surface area contributed by atoms with Crippen molar-refractivity contribution >= 4 is 21.8 Å². The first-order valence-electron chi connectivity index (χ1n) is 5.26. The lowest BCUT2D eigenvalue weighted by Gasteiger charge is -2.17. The molecule has 0 fully saturated rings. The first kappa shape index (κ1) is 12.8. The first-order valence-corrected chi connectivity index (χ1v) is 6.05. The Morgan fingerprint density at radius 2 is 2.33 bits per heavy atom. The van der Waals surface area contributed by atoms with E-state index in [2.05, 4.69) is 26.1 Å². The van der Waals surface area contributed by atoms with E-state index in [0.717, 1.165) is 5.56 Å². The maximum Gasteiger partial charge on any atom is 0.255 e. The molecule has 0 radical (unpaired) electrons. The van der Waals surface area contributed by atoms with Crippen molar-refractivity contribution < 1.29 is 9.18 Å². The van der Waals surface area contributed by atoms with Crippen molar-refractivity contribution in [1.82, 2.24) is 15.1 Å². The van der Waals surface area contributed by atoms with Gasteiger partial charge in [-0.15, -0.1) is 0 Å². The second-order valence-electron chi connectivity index (χ2n) is 3.89. The summed E-state index contributed by atoms with van der Waals surface area (Å²) in [5.74, 6) is -0.556. The number of carbonyl (C=O) groups excluding carboxylic acids is 1. The van der Waals surface area contributed by atoms with Gasteiger partial charge in [0, 0.05) is 29.8 Å². The molecule has 1 amide bonds. The van der Waals surface area contributed by atoms with Crippen molar-refractivity contribution in [1.29, 1.82) is 0 Å². The highest BCUT2D eigenvalue weighted by molar-refractivity contribution is 9.10. The predicted octanol–water partition coefficient (Wildman–Crippen LogP) is 2.58. The van der Waals surface area contributed by atoms with Gasteiger partial charge in [0.25, 0.3) is 5.91 Å². The van der Waals surface area contributed by atoms with Crippen molar-refractivity contribution in [3.63, 3.8) is 0 Å². The average molecular weight is 312 g/mol. The smallest absolute Gasteiger partial charge is 0.255 e. The largest absolute Gasteiger partial charge is 0.337 e. The van der Waals surface area contributed by atoms with Crippen molar-refractivity contribution in [2.75, 3.05) is 7.05 Å². The third-order valence-electron chi connectivity index (χ3n) is 2.48. The summed E-state index contributed by atoms with van der Waals surface area (Å²) in [6, 6.07) is 4.01. The van der Waals surface area contributed by atoms with Crippen LogP contribution in [0.3, 0.4) is 0 Å². The normalized spacial score (nSPS) is 10.4. The second kappa shape index (κ2) is 5.30. The van der Waals surface area contributed by atoms with Crippen LogP contribution < -0.4 is 0 Å². The number of halogens is 2. The number of hydrogen-bond donors (Lipinski definition) is 1. The molecule has 0 aliphatic rings. The third-order valence-corrected chi connectivity index (χ3v) is 3.14. The van der Waals surface area contributed by atoms with Crippen LogP contribution in [0.5, 0.6) is 0 Å². The van der Waals surface area contributed by atoms with Crippen LogP contribution in [0.2, 0.25) is 0 Å². The minimum absolute atomic E-state index is 0.178. The van der Waals surface area contributed by atoms with Gasteiger partial charge in [-0.3, -0.25) is 9.89 Å². The number of hydrogen-bond acceptors (Lipinski definition) is 2. The number of benzene rings is 1.